The van der Waals surface area contributed by atoms with Crippen molar-refractivity contribution in [2.24, 2.45) is 0 Å². The van der Waals surface area contributed by atoms with Crippen LogP contribution in [0.3, 0.4) is 0 Å². The second-order valence-electron chi connectivity index (χ2n) is 4.09. The molecule has 0 bridgehead atoms. The van der Waals surface area contributed by atoms with Gasteiger partial charge >= 0.3 is 0 Å². The van der Waals surface area contributed by atoms with E-state index in [9.17, 15) is 4.79 Å². The van der Waals surface area contributed by atoms with Gasteiger partial charge < -0.3 is 11.1 Å². The second kappa shape index (κ2) is 6.90. The number of nitrogens with one attached hydrogen (secondary N) is 1. The van der Waals surface area contributed by atoms with Crippen molar-refractivity contribution in [2.45, 2.75) is 19.9 Å². The van der Waals surface area contributed by atoms with Gasteiger partial charge in [0.15, 0.2) is 0 Å². The smallest absolute Gasteiger partial charge is 0.234 e. The lowest BCUT2D eigenvalue weighted by molar-refractivity contribution is -0.121. The Morgan fingerprint density at radius 3 is 3.00 bits per heavy atom. The second-order valence-corrected chi connectivity index (χ2v) is 4.09. The molecule has 0 aliphatic heterocycles. The zero-order valence-electron chi connectivity index (χ0n) is 10.5. The molecule has 6 heteroatoms. The number of likely N-dealkylation sites (N-methyl/N-ethyl adjacent to an activating group) is 1. The molecule has 0 saturated heterocycles. The number of carbonyl (C=O) groups excluding carboxylic acids is 1. The molecule has 3 N–H and O–H groups in total. The minimum Gasteiger partial charge on any atom is -0.382 e. The fourth-order valence-corrected chi connectivity index (χ4v) is 1.42. The number of hydrogen-bond acceptors (Lipinski definition) is 4. The molecule has 0 fully saturated rings. The topological polar surface area (TPSA) is 76.2 Å². The van der Waals surface area contributed by atoms with Crippen molar-refractivity contribution in [1.82, 2.24) is 20.0 Å². The first-order valence-corrected chi connectivity index (χ1v) is 5.86. The Kier molecular flexibility index (Phi) is 5.48. The molecular formula is C11H21N5O. The molecule has 17 heavy (non-hydrogen) atoms. The normalized spacial score (nSPS) is 10.8. The molecule has 1 aromatic heterocycles. The highest BCUT2D eigenvalue weighted by atomic mass is 16.2. The third-order valence-corrected chi connectivity index (χ3v) is 2.36. The maximum absolute atomic E-state index is 11.4. The van der Waals surface area contributed by atoms with Gasteiger partial charge in [-0.15, -0.1) is 0 Å². The molecule has 0 aliphatic rings. The Morgan fingerprint density at radius 1 is 1.65 bits per heavy atom. The van der Waals surface area contributed by atoms with E-state index in [1.165, 1.54) is 0 Å². The van der Waals surface area contributed by atoms with E-state index in [-0.39, 0.29) is 5.91 Å². The highest BCUT2D eigenvalue weighted by Crippen LogP contribution is 1.95. The summed E-state index contributed by atoms with van der Waals surface area (Å²) in [6.07, 6.45) is 2.79. The molecular weight excluding hydrogens is 218 g/mol. The zero-order valence-corrected chi connectivity index (χ0v) is 10.5. The third kappa shape index (κ3) is 5.35. The van der Waals surface area contributed by atoms with E-state index in [1.807, 2.05) is 25.1 Å². The molecule has 0 saturated carbocycles. The molecule has 0 aromatic carbocycles. The molecule has 0 aliphatic carbocycles. The van der Waals surface area contributed by atoms with E-state index in [2.05, 4.69) is 10.4 Å². The molecule has 1 amide bonds. The lowest BCUT2D eigenvalue weighted by Crippen LogP contribution is -2.36. The first-order valence-electron chi connectivity index (χ1n) is 5.86. The monoisotopic (exact) mass is 239 g/mol. The van der Waals surface area contributed by atoms with E-state index < -0.39 is 0 Å². The van der Waals surface area contributed by atoms with Crippen LogP contribution < -0.4 is 11.1 Å². The Morgan fingerprint density at radius 2 is 2.41 bits per heavy atom. The van der Waals surface area contributed by atoms with E-state index in [0.717, 1.165) is 26.1 Å². The van der Waals surface area contributed by atoms with Crippen LogP contribution in [-0.4, -0.2) is 47.3 Å². The van der Waals surface area contributed by atoms with E-state index in [1.54, 1.807) is 10.7 Å². The van der Waals surface area contributed by atoms with E-state index >= 15 is 0 Å². The van der Waals surface area contributed by atoms with Crippen molar-refractivity contribution in [1.29, 1.82) is 0 Å². The van der Waals surface area contributed by atoms with Crippen LogP contribution in [0, 0.1) is 0 Å². The van der Waals surface area contributed by atoms with Crippen LogP contribution in [0.15, 0.2) is 12.3 Å². The van der Waals surface area contributed by atoms with E-state index in [4.69, 9.17) is 5.73 Å². The number of hydrogen-bond donors (Lipinski definition) is 2. The minimum absolute atomic E-state index is 0.0642. The summed E-state index contributed by atoms with van der Waals surface area (Å²) in [5.41, 5.74) is 5.51. The SMILES string of the molecule is CCCNC(=O)CN(C)CCn1ccc(N)n1. The van der Waals surface area contributed by atoms with Crippen molar-refractivity contribution >= 4 is 11.7 Å². The molecule has 1 heterocycles. The molecule has 0 radical (unpaired) electrons. The molecule has 1 rings (SSSR count). The number of nitrogens with two attached hydrogens (primary N) is 1. The summed E-state index contributed by atoms with van der Waals surface area (Å²) in [4.78, 5) is 13.4. The molecule has 6 nitrogen and oxygen atoms in total. The largest absolute Gasteiger partial charge is 0.382 e. The maximum atomic E-state index is 11.4. The van der Waals surface area contributed by atoms with Crippen LogP contribution in [-0.2, 0) is 11.3 Å². The fraction of sp³-hybridized carbons (Fsp3) is 0.636. The number of amides is 1. The number of nitrogen functional groups attached to an aromatic ring is 1. The van der Waals surface area contributed by atoms with Crippen LogP contribution in [0.5, 0.6) is 0 Å². The van der Waals surface area contributed by atoms with Gasteiger partial charge in [0.1, 0.15) is 5.82 Å². The number of nitrogens with zero attached hydrogens (tertiary/aromatic N) is 3. The van der Waals surface area contributed by atoms with Gasteiger partial charge in [0.25, 0.3) is 0 Å². The summed E-state index contributed by atoms with van der Waals surface area (Å²) in [6, 6.07) is 1.76. The Hall–Kier alpha value is -1.56. The molecule has 0 atom stereocenters. The van der Waals surface area contributed by atoms with Crippen molar-refractivity contribution in [3.63, 3.8) is 0 Å². The molecule has 0 spiro atoms. The predicted octanol–water partition coefficient (Wildman–Crippen LogP) is -0.0767. The average Bonchev–Trinajstić information content (AvgIpc) is 2.70. The average molecular weight is 239 g/mol. The zero-order chi connectivity index (χ0) is 12.7. The molecule has 1 aromatic rings. The predicted molar refractivity (Wildman–Crippen MR) is 67.4 cm³/mol. The van der Waals surface area contributed by atoms with Gasteiger partial charge in [-0.25, -0.2) is 0 Å². The highest BCUT2D eigenvalue weighted by molar-refractivity contribution is 5.77. The van der Waals surface area contributed by atoms with Gasteiger partial charge in [0, 0.05) is 19.3 Å². The molecule has 0 unspecified atom stereocenters. The lowest BCUT2D eigenvalue weighted by atomic mass is 10.4. The van der Waals surface area contributed by atoms with Crippen molar-refractivity contribution in [3.05, 3.63) is 12.3 Å². The van der Waals surface area contributed by atoms with Gasteiger partial charge in [-0.2, -0.15) is 5.10 Å². The quantitative estimate of drug-likeness (QED) is 0.698. The fourth-order valence-electron chi connectivity index (χ4n) is 1.42. The Labute approximate surface area is 102 Å². The summed E-state index contributed by atoms with van der Waals surface area (Å²) >= 11 is 0. The summed E-state index contributed by atoms with van der Waals surface area (Å²) in [7, 11) is 1.92. The lowest BCUT2D eigenvalue weighted by Gasteiger charge is -2.15. The maximum Gasteiger partial charge on any atom is 0.234 e. The summed E-state index contributed by atoms with van der Waals surface area (Å²) in [6.45, 7) is 4.68. The van der Waals surface area contributed by atoms with Crippen LogP contribution in [0.4, 0.5) is 5.82 Å². The Balaban J connectivity index is 2.20. The number of anilines is 1. The van der Waals surface area contributed by atoms with Gasteiger partial charge in [-0.05, 0) is 19.5 Å². The molecule has 96 valence electrons. The van der Waals surface area contributed by atoms with Gasteiger partial charge in [-0.1, -0.05) is 6.92 Å². The van der Waals surface area contributed by atoms with Crippen molar-refractivity contribution < 1.29 is 4.79 Å². The third-order valence-electron chi connectivity index (χ3n) is 2.36. The van der Waals surface area contributed by atoms with Gasteiger partial charge in [0.05, 0.1) is 13.1 Å². The standard InChI is InChI=1S/C11H21N5O/c1-3-5-13-11(17)9-15(2)7-8-16-6-4-10(12)14-16/h4,6H,3,5,7-9H2,1-2H3,(H2,12,14)(H,13,17). The van der Waals surface area contributed by atoms with Crippen LogP contribution >= 0.6 is 0 Å². The summed E-state index contributed by atoms with van der Waals surface area (Å²) < 4.78 is 1.77. The van der Waals surface area contributed by atoms with Gasteiger partial charge in [-0.3, -0.25) is 14.4 Å². The van der Waals surface area contributed by atoms with Crippen molar-refractivity contribution in [3.8, 4) is 0 Å². The first kappa shape index (κ1) is 13.5. The van der Waals surface area contributed by atoms with E-state index in [0.29, 0.717) is 12.4 Å². The minimum atomic E-state index is 0.0642. The van der Waals surface area contributed by atoms with Crippen LogP contribution in [0.1, 0.15) is 13.3 Å². The summed E-state index contributed by atoms with van der Waals surface area (Å²) in [5.74, 6) is 0.586. The number of rotatable bonds is 7. The van der Waals surface area contributed by atoms with Crippen LogP contribution in [0.2, 0.25) is 0 Å². The van der Waals surface area contributed by atoms with Crippen LogP contribution in [0.25, 0.3) is 0 Å². The van der Waals surface area contributed by atoms with Gasteiger partial charge in [0.2, 0.25) is 5.91 Å². The number of aromatic nitrogens is 2. The summed E-state index contributed by atoms with van der Waals surface area (Å²) in [5, 5.41) is 6.92. The Bertz CT molecular complexity index is 349. The first-order chi connectivity index (χ1) is 8.11. The van der Waals surface area contributed by atoms with Crippen molar-refractivity contribution in [2.75, 3.05) is 32.4 Å². The highest BCUT2D eigenvalue weighted by Gasteiger charge is 2.05. The number of carbonyl (C=O) groups is 1.